The minimum absolute atomic E-state index is 0.301. The Bertz CT molecular complexity index is 607. The van der Waals surface area contributed by atoms with E-state index in [1.165, 1.54) is 12.1 Å². The lowest BCUT2D eigenvalue weighted by Crippen LogP contribution is -2.20. The van der Waals surface area contributed by atoms with Gasteiger partial charge in [0.25, 0.3) is 0 Å². The Labute approximate surface area is 119 Å². The van der Waals surface area contributed by atoms with E-state index in [0.717, 1.165) is 43.2 Å². The first-order chi connectivity index (χ1) is 9.65. The molecule has 0 amide bonds. The lowest BCUT2D eigenvalue weighted by Gasteiger charge is -2.13. The zero-order valence-corrected chi connectivity index (χ0v) is 12.2. The van der Waals surface area contributed by atoms with E-state index in [0.29, 0.717) is 12.5 Å². The molecule has 3 rings (SSSR count). The molecule has 0 spiro atoms. The smallest absolute Gasteiger partial charge is 0.234 e. The molecule has 0 saturated carbocycles. The van der Waals surface area contributed by atoms with Gasteiger partial charge in [0.2, 0.25) is 5.78 Å². The largest absolute Gasteiger partial charge is 0.396 e. The van der Waals surface area contributed by atoms with Crippen LogP contribution in [-0.4, -0.2) is 44.1 Å². The second-order valence-electron chi connectivity index (χ2n) is 5.84. The number of hydrogen-bond donors (Lipinski definition) is 1. The van der Waals surface area contributed by atoms with E-state index in [1.54, 1.807) is 0 Å². The van der Waals surface area contributed by atoms with E-state index >= 15 is 0 Å². The Hall–Kier alpha value is -1.46. The number of fused-ring (bicyclic) bond motifs is 1. The molecule has 5 nitrogen and oxygen atoms in total. The summed E-state index contributed by atoms with van der Waals surface area (Å²) in [5, 5.41) is 9.01. The van der Waals surface area contributed by atoms with Crippen molar-refractivity contribution < 1.29 is 5.11 Å². The molecule has 5 heteroatoms. The van der Waals surface area contributed by atoms with Gasteiger partial charge in [-0.05, 0) is 45.2 Å². The SMILES string of the molecule is Cc1cc(C)n2cc(CN3CCC(CCO)C3)nc2n1. The van der Waals surface area contributed by atoms with Crippen LogP contribution in [0.4, 0.5) is 0 Å². The van der Waals surface area contributed by atoms with E-state index in [9.17, 15) is 0 Å². The lowest BCUT2D eigenvalue weighted by atomic mass is 10.1. The lowest BCUT2D eigenvalue weighted by molar-refractivity contribution is 0.249. The Morgan fingerprint density at radius 1 is 1.35 bits per heavy atom. The maximum Gasteiger partial charge on any atom is 0.234 e. The van der Waals surface area contributed by atoms with Crippen molar-refractivity contribution in [1.82, 2.24) is 19.3 Å². The number of aliphatic hydroxyl groups is 1. The fraction of sp³-hybridized carbons (Fsp3) is 0.600. The summed E-state index contributed by atoms with van der Waals surface area (Å²) in [7, 11) is 0. The summed E-state index contributed by atoms with van der Waals surface area (Å²) < 4.78 is 2.06. The van der Waals surface area contributed by atoms with Gasteiger partial charge in [-0.3, -0.25) is 9.30 Å². The predicted molar refractivity (Wildman–Crippen MR) is 77.5 cm³/mol. The van der Waals surface area contributed by atoms with Crippen molar-refractivity contribution in [3.63, 3.8) is 0 Å². The average molecular weight is 274 g/mol. The molecule has 0 aromatic carbocycles. The van der Waals surface area contributed by atoms with Gasteiger partial charge in [0.05, 0.1) is 5.69 Å². The Morgan fingerprint density at radius 2 is 2.20 bits per heavy atom. The minimum Gasteiger partial charge on any atom is -0.396 e. The standard InChI is InChI=1S/C15H22N4O/c1-11-7-12(2)19-10-14(17-15(19)16-11)9-18-5-3-13(8-18)4-6-20/h7,10,13,20H,3-6,8-9H2,1-2H3. The molecule has 0 bridgehead atoms. The van der Waals surface area contributed by atoms with Crippen LogP contribution in [0.1, 0.15) is 29.9 Å². The number of hydrogen-bond acceptors (Lipinski definition) is 4. The summed E-state index contributed by atoms with van der Waals surface area (Å²) in [6, 6.07) is 2.07. The van der Waals surface area contributed by atoms with E-state index in [-0.39, 0.29) is 0 Å². The first kappa shape index (κ1) is 13.5. The molecular weight excluding hydrogens is 252 g/mol. The number of likely N-dealkylation sites (tertiary alicyclic amines) is 1. The zero-order valence-electron chi connectivity index (χ0n) is 12.2. The van der Waals surface area contributed by atoms with Crippen molar-refractivity contribution in [2.24, 2.45) is 5.92 Å². The van der Waals surface area contributed by atoms with E-state index in [1.807, 2.05) is 6.92 Å². The number of rotatable bonds is 4. The third-order valence-corrected chi connectivity index (χ3v) is 4.10. The van der Waals surface area contributed by atoms with Crippen molar-refractivity contribution >= 4 is 5.78 Å². The van der Waals surface area contributed by atoms with E-state index < -0.39 is 0 Å². The van der Waals surface area contributed by atoms with E-state index in [4.69, 9.17) is 5.11 Å². The van der Waals surface area contributed by atoms with Gasteiger partial charge in [0.1, 0.15) is 0 Å². The molecule has 2 aromatic heterocycles. The highest BCUT2D eigenvalue weighted by Gasteiger charge is 2.22. The molecule has 20 heavy (non-hydrogen) atoms. The number of imidazole rings is 1. The van der Waals surface area contributed by atoms with E-state index in [2.05, 4.69) is 38.5 Å². The van der Waals surface area contributed by atoms with Crippen LogP contribution in [0.2, 0.25) is 0 Å². The van der Waals surface area contributed by atoms with Crippen molar-refractivity contribution in [2.45, 2.75) is 33.2 Å². The van der Waals surface area contributed by atoms with Crippen molar-refractivity contribution in [3.05, 3.63) is 29.3 Å². The van der Waals surface area contributed by atoms with Crippen LogP contribution >= 0.6 is 0 Å². The molecule has 1 N–H and O–H groups in total. The molecule has 0 aliphatic carbocycles. The molecule has 0 radical (unpaired) electrons. The van der Waals surface area contributed by atoms with Crippen LogP contribution in [0.25, 0.3) is 5.78 Å². The number of aliphatic hydroxyl groups excluding tert-OH is 1. The maximum absolute atomic E-state index is 9.01. The normalized spacial score (nSPS) is 20.1. The van der Waals surface area contributed by atoms with Crippen LogP contribution < -0.4 is 0 Å². The Balaban J connectivity index is 1.74. The Kier molecular flexibility index (Phi) is 3.72. The van der Waals surface area contributed by atoms with Crippen molar-refractivity contribution in [2.75, 3.05) is 19.7 Å². The van der Waals surface area contributed by atoms with Gasteiger partial charge in [-0.2, -0.15) is 0 Å². The second-order valence-corrected chi connectivity index (χ2v) is 5.84. The molecule has 1 atom stereocenters. The fourth-order valence-electron chi connectivity index (χ4n) is 3.10. The van der Waals surface area contributed by atoms with Crippen LogP contribution in [0.5, 0.6) is 0 Å². The second kappa shape index (κ2) is 5.50. The highest BCUT2D eigenvalue weighted by atomic mass is 16.3. The van der Waals surface area contributed by atoms with Gasteiger partial charge in [-0.25, -0.2) is 9.97 Å². The molecule has 2 aromatic rings. The maximum atomic E-state index is 9.01. The monoisotopic (exact) mass is 274 g/mol. The summed E-state index contributed by atoms with van der Waals surface area (Å²) in [4.78, 5) is 11.5. The molecule has 108 valence electrons. The van der Waals surface area contributed by atoms with Gasteiger partial charge in [0, 0.05) is 37.3 Å². The zero-order chi connectivity index (χ0) is 14.1. The molecule has 1 saturated heterocycles. The summed E-state index contributed by atoms with van der Waals surface area (Å²) in [6.07, 6.45) is 4.20. The van der Waals surface area contributed by atoms with Gasteiger partial charge >= 0.3 is 0 Å². The average Bonchev–Trinajstić information content (AvgIpc) is 2.97. The highest BCUT2D eigenvalue weighted by Crippen LogP contribution is 2.21. The molecule has 1 unspecified atom stereocenters. The third kappa shape index (κ3) is 2.69. The topological polar surface area (TPSA) is 53.7 Å². The predicted octanol–water partition coefficient (Wildman–Crippen LogP) is 1.55. The van der Waals surface area contributed by atoms with Gasteiger partial charge in [0.15, 0.2) is 0 Å². The summed E-state index contributed by atoms with van der Waals surface area (Å²) in [5.41, 5.74) is 3.26. The number of aromatic nitrogens is 3. The highest BCUT2D eigenvalue weighted by molar-refractivity contribution is 5.34. The minimum atomic E-state index is 0.301. The first-order valence-electron chi connectivity index (χ1n) is 7.31. The van der Waals surface area contributed by atoms with Crippen molar-refractivity contribution in [1.29, 1.82) is 0 Å². The summed E-state index contributed by atoms with van der Waals surface area (Å²) in [5.74, 6) is 1.43. The van der Waals surface area contributed by atoms with Gasteiger partial charge < -0.3 is 5.11 Å². The van der Waals surface area contributed by atoms with Crippen LogP contribution in [0.3, 0.4) is 0 Å². The van der Waals surface area contributed by atoms with Crippen molar-refractivity contribution in [3.8, 4) is 0 Å². The van der Waals surface area contributed by atoms with Crippen LogP contribution in [0, 0.1) is 19.8 Å². The van der Waals surface area contributed by atoms with Gasteiger partial charge in [-0.15, -0.1) is 0 Å². The molecule has 1 fully saturated rings. The summed E-state index contributed by atoms with van der Waals surface area (Å²) >= 11 is 0. The molecule has 1 aliphatic heterocycles. The van der Waals surface area contributed by atoms with Gasteiger partial charge in [-0.1, -0.05) is 0 Å². The summed E-state index contributed by atoms with van der Waals surface area (Å²) in [6.45, 7) is 7.43. The number of nitrogens with zero attached hydrogens (tertiary/aromatic N) is 4. The third-order valence-electron chi connectivity index (χ3n) is 4.10. The molecule has 3 heterocycles. The molecular formula is C15H22N4O. The first-order valence-corrected chi connectivity index (χ1v) is 7.31. The molecule has 1 aliphatic rings. The Morgan fingerprint density at radius 3 is 3.00 bits per heavy atom. The van der Waals surface area contributed by atoms with Crippen LogP contribution in [0.15, 0.2) is 12.3 Å². The quantitative estimate of drug-likeness (QED) is 0.919. The number of aryl methyl sites for hydroxylation is 2. The fourth-order valence-corrected chi connectivity index (χ4v) is 3.10. The van der Waals surface area contributed by atoms with Crippen LogP contribution in [-0.2, 0) is 6.54 Å².